The molecule has 0 unspecified atom stereocenters. The predicted molar refractivity (Wildman–Crippen MR) is 130 cm³/mol. The molecule has 1 saturated carbocycles. The van der Waals surface area contributed by atoms with Crippen LogP contribution in [0, 0.1) is 11.3 Å². The zero-order valence-corrected chi connectivity index (χ0v) is 18.1. The van der Waals surface area contributed by atoms with E-state index in [1.165, 1.54) is 6.42 Å². The summed E-state index contributed by atoms with van der Waals surface area (Å²) in [5.41, 5.74) is 4.10. The van der Waals surface area contributed by atoms with E-state index in [0.29, 0.717) is 0 Å². The Hall–Kier alpha value is -3.84. The summed E-state index contributed by atoms with van der Waals surface area (Å²) >= 11 is 0. The fourth-order valence-electron chi connectivity index (χ4n) is 4.15. The molecule has 1 N–H and O–H groups in total. The number of benzene rings is 3. The summed E-state index contributed by atoms with van der Waals surface area (Å²) in [5, 5.41) is 12.6. The summed E-state index contributed by atoms with van der Waals surface area (Å²) < 4.78 is 0. The Bertz CT molecular complexity index is 1050. The van der Waals surface area contributed by atoms with E-state index in [2.05, 4.69) is 40.6 Å². The summed E-state index contributed by atoms with van der Waals surface area (Å²) in [4.78, 5) is 14.8. The Balaban J connectivity index is 1.56. The molecule has 0 aromatic heterocycles. The number of anilines is 3. The molecule has 0 atom stereocenters. The number of carbonyl (C=O) groups excluding carboxylic acids is 1. The highest BCUT2D eigenvalue weighted by atomic mass is 16.1. The van der Waals surface area contributed by atoms with Gasteiger partial charge >= 0.3 is 0 Å². The van der Waals surface area contributed by atoms with Gasteiger partial charge in [-0.25, -0.2) is 0 Å². The molecule has 3 aromatic rings. The molecular weight excluding hydrogens is 394 g/mol. The van der Waals surface area contributed by atoms with E-state index in [1.54, 1.807) is 6.08 Å². The number of carbonyl (C=O) groups is 1. The van der Waals surface area contributed by atoms with Gasteiger partial charge in [0.05, 0.1) is 0 Å². The van der Waals surface area contributed by atoms with E-state index >= 15 is 0 Å². The fraction of sp³-hybridized carbons (Fsp3) is 0.214. The van der Waals surface area contributed by atoms with Crippen LogP contribution in [-0.4, -0.2) is 11.9 Å². The van der Waals surface area contributed by atoms with Crippen LogP contribution in [0.15, 0.2) is 90.5 Å². The highest BCUT2D eigenvalue weighted by molar-refractivity contribution is 6.01. The van der Waals surface area contributed by atoms with Crippen LogP contribution < -0.4 is 10.2 Å². The minimum atomic E-state index is -0.279. The summed E-state index contributed by atoms with van der Waals surface area (Å²) in [6.07, 6.45) is 7.15. The number of nitrogens with zero attached hydrogens (tertiary/aromatic N) is 2. The van der Waals surface area contributed by atoms with Crippen LogP contribution in [0.2, 0.25) is 0 Å². The second-order valence-corrected chi connectivity index (χ2v) is 8.08. The van der Waals surface area contributed by atoms with E-state index in [4.69, 9.17) is 0 Å². The van der Waals surface area contributed by atoms with Crippen LogP contribution in [0.5, 0.6) is 0 Å². The topological polar surface area (TPSA) is 56.1 Å². The van der Waals surface area contributed by atoms with Crippen LogP contribution in [0.4, 0.5) is 17.1 Å². The molecule has 32 heavy (non-hydrogen) atoms. The van der Waals surface area contributed by atoms with Crippen molar-refractivity contribution in [2.24, 2.45) is 0 Å². The van der Waals surface area contributed by atoms with E-state index in [-0.39, 0.29) is 17.5 Å². The van der Waals surface area contributed by atoms with Crippen LogP contribution in [0.3, 0.4) is 0 Å². The Morgan fingerprint density at radius 1 is 0.812 bits per heavy atom. The minimum absolute atomic E-state index is 0.145. The Kier molecular flexibility index (Phi) is 6.99. The first-order valence-corrected chi connectivity index (χ1v) is 11.2. The zero-order valence-electron chi connectivity index (χ0n) is 18.1. The Morgan fingerprint density at radius 3 is 1.88 bits per heavy atom. The summed E-state index contributed by atoms with van der Waals surface area (Å²) in [5.74, 6) is -0.279. The standard InChI is InChI=1S/C28H27N3O/c29-21-23(28(32)30-24-10-4-1-5-11-24)20-22-16-18-27(19-17-22)31(25-12-6-2-7-13-25)26-14-8-3-9-15-26/h2-3,6-9,12-20,24H,1,4-5,10-11H2,(H,30,32)/b23-20+. The van der Waals surface area contributed by atoms with Gasteiger partial charge < -0.3 is 10.2 Å². The molecule has 0 radical (unpaired) electrons. The highest BCUT2D eigenvalue weighted by Crippen LogP contribution is 2.34. The van der Waals surface area contributed by atoms with Crippen molar-refractivity contribution < 1.29 is 4.79 Å². The van der Waals surface area contributed by atoms with Gasteiger partial charge in [-0.1, -0.05) is 67.8 Å². The van der Waals surface area contributed by atoms with Crippen molar-refractivity contribution in [1.82, 2.24) is 5.32 Å². The molecule has 160 valence electrons. The third kappa shape index (κ3) is 5.25. The monoisotopic (exact) mass is 421 g/mol. The number of hydrogen-bond donors (Lipinski definition) is 1. The first-order chi connectivity index (χ1) is 15.7. The summed E-state index contributed by atoms with van der Waals surface area (Å²) in [6.45, 7) is 0. The van der Waals surface area contributed by atoms with Gasteiger partial charge in [0.2, 0.25) is 0 Å². The average Bonchev–Trinajstić information content (AvgIpc) is 2.85. The number of amides is 1. The van der Waals surface area contributed by atoms with Crippen molar-refractivity contribution >= 4 is 29.0 Å². The molecule has 0 bridgehead atoms. The average molecular weight is 422 g/mol. The maximum Gasteiger partial charge on any atom is 0.262 e. The Labute approximate surface area is 189 Å². The SMILES string of the molecule is N#C/C(=C\c1ccc(N(c2ccccc2)c2ccccc2)cc1)C(=O)NC1CCCCC1. The van der Waals surface area contributed by atoms with E-state index in [0.717, 1.165) is 48.3 Å². The molecule has 0 aliphatic heterocycles. The molecule has 3 aromatic carbocycles. The first-order valence-electron chi connectivity index (χ1n) is 11.2. The minimum Gasteiger partial charge on any atom is -0.349 e. The summed E-state index contributed by atoms with van der Waals surface area (Å²) in [7, 11) is 0. The van der Waals surface area contributed by atoms with Crippen molar-refractivity contribution in [3.05, 3.63) is 96.1 Å². The van der Waals surface area contributed by atoms with Gasteiger partial charge in [-0.3, -0.25) is 4.79 Å². The number of nitriles is 1. The molecular formula is C28H27N3O. The highest BCUT2D eigenvalue weighted by Gasteiger charge is 2.18. The predicted octanol–water partition coefficient (Wildman–Crippen LogP) is 6.51. The van der Waals surface area contributed by atoms with Crippen LogP contribution >= 0.6 is 0 Å². The second-order valence-electron chi connectivity index (χ2n) is 8.08. The second kappa shape index (κ2) is 10.5. The molecule has 4 nitrogen and oxygen atoms in total. The molecule has 1 amide bonds. The van der Waals surface area contributed by atoms with Gasteiger partial charge in [0.1, 0.15) is 11.6 Å². The molecule has 4 heteroatoms. The molecule has 0 heterocycles. The lowest BCUT2D eigenvalue weighted by atomic mass is 9.95. The molecule has 1 aliphatic carbocycles. The van der Waals surface area contributed by atoms with Gasteiger partial charge in [0, 0.05) is 23.1 Å². The van der Waals surface area contributed by atoms with Crippen molar-refractivity contribution in [2.45, 2.75) is 38.1 Å². The van der Waals surface area contributed by atoms with Crippen LogP contribution in [0.25, 0.3) is 6.08 Å². The first kappa shape index (κ1) is 21.4. The molecule has 0 saturated heterocycles. The van der Waals surface area contributed by atoms with Crippen molar-refractivity contribution in [3.63, 3.8) is 0 Å². The van der Waals surface area contributed by atoms with Crippen LogP contribution in [-0.2, 0) is 4.79 Å². The third-order valence-corrected chi connectivity index (χ3v) is 5.80. The number of nitrogens with one attached hydrogen (secondary N) is 1. The van der Waals surface area contributed by atoms with Crippen molar-refractivity contribution in [3.8, 4) is 6.07 Å². The Morgan fingerprint density at radius 2 is 1.34 bits per heavy atom. The van der Waals surface area contributed by atoms with E-state index in [1.807, 2.05) is 60.7 Å². The lowest BCUT2D eigenvalue weighted by Gasteiger charge is -2.25. The summed E-state index contributed by atoms with van der Waals surface area (Å²) in [6, 6.07) is 30.5. The normalized spacial score (nSPS) is 14.4. The largest absolute Gasteiger partial charge is 0.349 e. The number of hydrogen-bond acceptors (Lipinski definition) is 3. The lowest BCUT2D eigenvalue weighted by molar-refractivity contribution is -0.117. The molecule has 1 aliphatic rings. The third-order valence-electron chi connectivity index (χ3n) is 5.80. The molecule has 0 spiro atoms. The van der Waals surface area contributed by atoms with E-state index in [9.17, 15) is 10.1 Å². The van der Waals surface area contributed by atoms with E-state index < -0.39 is 0 Å². The molecule has 1 fully saturated rings. The number of para-hydroxylation sites is 2. The van der Waals surface area contributed by atoms with Crippen molar-refractivity contribution in [2.75, 3.05) is 4.90 Å². The van der Waals surface area contributed by atoms with Gasteiger partial charge in [-0.05, 0) is 60.9 Å². The maximum atomic E-state index is 12.6. The lowest BCUT2D eigenvalue weighted by Crippen LogP contribution is -2.36. The number of rotatable bonds is 6. The van der Waals surface area contributed by atoms with Gasteiger partial charge in [0.15, 0.2) is 0 Å². The van der Waals surface area contributed by atoms with Gasteiger partial charge in [-0.2, -0.15) is 5.26 Å². The quantitative estimate of drug-likeness (QED) is 0.364. The maximum absolute atomic E-state index is 12.6. The van der Waals surface area contributed by atoms with Crippen molar-refractivity contribution in [1.29, 1.82) is 5.26 Å². The van der Waals surface area contributed by atoms with Crippen LogP contribution in [0.1, 0.15) is 37.7 Å². The smallest absolute Gasteiger partial charge is 0.262 e. The zero-order chi connectivity index (χ0) is 22.2. The molecule has 4 rings (SSSR count). The van der Waals surface area contributed by atoms with Gasteiger partial charge in [0.25, 0.3) is 5.91 Å². The van der Waals surface area contributed by atoms with Gasteiger partial charge in [-0.15, -0.1) is 0 Å². The fourth-order valence-corrected chi connectivity index (χ4v) is 4.15.